The van der Waals surface area contributed by atoms with Crippen LogP contribution in [0.25, 0.3) is 0 Å². The monoisotopic (exact) mass is 227 g/mol. The van der Waals surface area contributed by atoms with E-state index in [9.17, 15) is 4.79 Å². The van der Waals surface area contributed by atoms with Gasteiger partial charge in [0, 0.05) is 18.7 Å². The van der Waals surface area contributed by atoms with Crippen LogP contribution < -0.4 is 5.32 Å². The zero-order valence-electron chi connectivity index (χ0n) is 10.0. The summed E-state index contributed by atoms with van der Waals surface area (Å²) in [4.78, 5) is 11.8. The van der Waals surface area contributed by atoms with Gasteiger partial charge >= 0.3 is 0 Å². The van der Waals surface area contributed by atoms with E-state index in [1.165, 1.54) is 5.56 Å². The number of carbonyl (C=O) groups is 1. The summed E-state index contributed by atoms with van der Waals surface area (Å²) in [6.45, 7) is 2.76. The molecular weight excluding hydrogens is 210 g/mol. The van der Waals surface area contributed by atoms with Crippen molar-refractivity contribution in [2.75, 3.05) is 11.9 Å². The number of para-hydroxylation sites is 1. The van der Waals surface area contributed by atoms with E-state index in [4.69, 9.17) is 0 Å². The van der Waals surface area contributed by atoms with Crippen LogP contribution in [0.4, 0.5) is 5.69 Å². The highest BCUT2D eigenvalue weighted by atomic mass is 16.1. The molecule has 0 unspecified atom stereocenters. The van der Waals surface area contributed by atoms with Crippen molar-refractivity contribution < 1.29 is 4.79 Å². The van der Waals surface area contributed by atoms with Crippen LogP contribution in [0.5, 0.6) is 0 Å². The first kappa shape index (κ1) is 11.6. The number of carbonyl (C=O) groups excluding carboxylic acids is 1. The molecule has 1 aliphatic rings. The maximum absolute atomic E-state index is 11.8. The van der Waals surface area contributed by atoms with Gasteiger partial charge in [0.15, 0.2) is 0 Å². The number of ketones is 1. The van der Waals surface area contributed by atoms with E-state index in [0.29, 0.717) is 13.0 Å². The summed E-state index contributed by atoms with van der Waals surface area (Å²) in [5.74, 6) is 0.268. The molecule has 0 radical (unpaired) electrons. The lowest BCUT2D eigenvalue weighted by molar-refractivity contribution is -0.120. The molecule has 0 bridgehead atoms. The number of allylic oxidation sites excluding steroid dienone is 4. The van der Waals surface area contributed by atoms with E-state index in [1.54, 1.807) is 0 Å². The van der Waals surface area contributed by atoms with Crippen LogP contribution in [0.2, 0.25) is 0 Å². The van der Waals surface area contributed by atoms with E-state index >= 15 is 0 Å². The molecule has 1 N–H and O–H groups in total. The minimum atomic E-state index is -0.00586. The van der Waals surface area contributed by atoms with E-state index in [2.05, 4.69) is 18.3 Å². The molecule has 0 fully saturated rings. The molecule has 17 heavy (non-hydrogen) atoms. The van der Waals surface area contributed by atoms with Gasteiger partial charge in [-0.25, -0.2) is 0 Å². The first-order chi connectivity index (χ1) is 8.27. The van der Waals surface area contributed by atoms with E-state index < -0.39 is 0 Å². The molecule has 1 aromatic carbocycles. The van der Waals surface area contributed by atoms with Crippen molar-refractivity contribution in [3.05, 3.63) is 54.1 Å². The number of aryl methyl sites for hydroxylation is 1. The highest BCUT2D eigenvalue weighted by molar-refractivity contribution is 5.85. The number of nitrogens with one attached hydrogen (secondary N) is 1. The first-order valence-electron chi connectivity index (χ1n) is 5.94. The molecular formula is C15H17NO. The number of hydrogen-bond acceptors (Lipinski definition) is 2. The molecule has 0 atom stereocenters. The Labute approximate surface area is 102 Å². The fourth-order valence-corrected chi connectivity index (χ4v) is 1.90. The van der Waals surface area contributed by atoms with Crippen molar-refractivity contribution in [1.29, 1.82) is 0 Å². The fourth-order valence-electron chi connectivity index (χ4n) is 1.90. The predicted molar refractivity (Wildman–Crippen MR) is 71.1 cm³/mol. The summed E-state index contributed by atoms with van der Waals surface area (Å²) >= 11 is 0. The smallest absolute Gasteiger partial charge is 0.145 e. The summed E-state index contributed by atoms with van der Waals surface area (Å²) in [5, 5.41) is 3.30. The molecule has 0 saturated carbocycles. The SMILES string of the molecule is Cc1ccccc1NCCC(=O)C1C=CC=C1. The van der Waals surface area contributed by atoms with Gasteiger partial charge in [-0.15, -0.1) is 0 Å². The van der Waals surface area contributed by atoms with Gasteiger partial charge in [0.1, 0.15) is 5.78 Å². The van der Waals surface area contributed by atoms with Crippen molar-refractivity contribution in [2.45, 2.75) is 13.3 Å². The lowest BCUT2D eigenvalue weighted by Gasteiger charge is -2.09. The van der Waals surface area contributed by atoms with Crippen LogP contribution in [0.3, 0.4) is 0 Å². The van der Waals surface area contributed by atoms with Crippen molar-refractivity contribution in [3.63, 3.8) is 0 Å². The molecule has 1 aliphatic carbocycles. The maximum atomic E-state index is 11.8. The van der Waals surface area contributed by atoms with Crippen molar-refractivity contribution in [1.82, 2.24) is 0 Å². The van der Waals surface area contributed by atoms with Crippen LogP contribution in [-0.4, -0.2) is 12.3 Å². The van der Waals surface area contributed by atoms with E-state index in [-0.39, 0.29) is 11.7 Å². The largest absolute Gasteiger partial charge is 0.384 e. The quantitative estimate of drug-likeness (QED) is 0.837. The van der Waals surface area contributed by atoms with Crippen LogP contribution >= 0.6 is 0 Å². The molecule has 1 aromatic rings. The predicted octanol–water partition coefficient (Wildman–Crippen LogP) is 3.11. The normalized spacial score (nSPS) is 14.2. The zero-order chi connectivity index (χ0) is 12.1. The second-order valence-corrected chi connectivity index (χ2v) is 4.25. The Bertz CT molecular complexity index is 448. The third-order valence-corrected chi connectivity index (χ3v) is 2.95. The fraction of sp³-hybridized carbons (Fsp3) is 0.267. The maximum Gasteiger partial charge on any atom is 0.145 e. The minimum absolute atomic E-state index is 0.00586. The Balaban J connectivity index is 1.80. The molecule has 2 nitrogen and oxygen atoms in total. The zero-order valence-corrected chi connectivity index (χ0v) is 10.0. The second kappa shape index (κ2) is 5.48. The lowest BCUT2D eigenvalue weighted by atomic mass is 10.0. The third-order valence-electron chi connectivity index (χ3n) is 2.95. The Morgan fingerprint density at radius 2 is 1.94 bits per heavy atom. The molecule has 0 aromatic heterocycles. The third kappa shape index (κ3) is 3.06. The summed E-state index contributed by atoms with van der Waals surface area (Å²) in [7, 11) is 0. The number of rotatable bonds is 5. The molecule has 0 saturated heterocycles. The Morgan fingerprint density at radius 1 is 1.24 bits per heavy atom. The summed E-state index contributed by atoms with van der Waals surface area (Å²) < 4.78 is 0. The molecule has 88 valence electrons. The van der Waals surface area contributed by atoms with Crippen LogP contribution in [0.15, 0.2) is 48.6 Å². The highest BCUT2D eigenvalue weighted by Crippen LogP contribution is 2.15. The molecule has 0 spiro atoms. The summed E-state index contributed by atoms with van der Waals surface area (Å²) in [6, 6.07) is 8.11. The van der Waals surface area contributed by atoms with Gasteiger partial charge in [0.05, 0.1) is 5.92 Å². The van der Waals surface area contributed by atoms with E-state index in [1.807, 2.05) is 42.5 Å². The van der Waals surface area contributed by atoms with Crippen LogP contribution in [0.1, 0.15) is 12.0 Å². The van der Waals surface area contributed by atoms with Gasteiger partial charge in [-0.1, -0.05) is 42.5 Å². The standard InChI is InChI=1S/C15H17NO/c1-12-6-2-5-9-14(12)16-11-10-15(17)13-7-3-4-8-13/h2-9,13,16H,10-11H2,1H3. The van der Waals surface area contributed by atoms with Gasteiger partial charge in [-0.3, -0.25) is 4.79 Å². The molecule has 0 heterocycles. The number of anilines is 1. The second-order valence-electron chi connectivity index (χ2n) is 4.25. The lowest BCUT2D eigenvalue weighted by Crippen LogP contribution is -2.14. The van der Waals surface area contributed by atoms with Crippen LogP contribution in [-0.2, 0) is 4.79 Å². The van der Waals surface area contributed by atoms with Gasteiger partial charge in [0.25, 0.3) is 0 Å². The Kier molecular flexibility index (Phi) is 3.76. The first-order valence-corrected chi connectivity index (χ1v) is 5.94. The van der Waals surface area contributed by atoms with Crippen molar-refractivity contribution >= 4 is 11.5 Å². The Hall–Kier alpha value is -1.83. The highest BCUT2D eigenvalue weighted by Gasteiger charge is 2.13. The van der Waals surface area contributed by atoms with Crippen LogP contribution in [0, 0.1) is 12.8 Å². The molecule has 0 aliphatic heterocycles. The van der Waals surface area contributed by atoms with Gasteiger partial charge in [0.2, 0.25) is 0 Å². The number of hydrogen-bond donors (Lipinski definition) is 1. The number of Topliss-reactive ketones (excluding diaryl/α,β-unsaturated/α-hetero) is 1. The van der Waals surface area contributed by atoms with Gasteiger partial charge in [-0.2, -0.15) is 0 Å². The minimum Gasteiger partial charge on any atom is -0.384 e. The van der Waals surface area contributed by atoms with E-state index in [0.717, 1.165) is 5.69 Å². The van der Waals surface area contributed by atoms with Gasteiger partial charge < -0.3 is 5.32 Å². The topological polar surface area (TPSA) is 29.1 Å². The Morgan fingerprint density at radius 3 is 2.65 bits per heavy atom. The summed E-state index contributed by atoms with van der Waals surface area (Å²) in [6.07, 6.45) is 8.30. The van der Waals surface area contributed by atoms with Gasteiger partial charge in [-0.05, 0) is 18.6 Å². The number of benzene rings is 1. The average Bonchev–Trinajstić information content (AvgIpc) is 2.85. The average molecular weight is 227 g/mol. The van der Waals surface area contributed by atoms with Crippen molar-refractivity contribution in [3.8, 4) is 0 Å². The molecule has 2 rings (SSSR count). The molecule has 2 heteroatoms. The summed E-state index contributed by atoms with van der Waals surface area (Å²) in [5.41, 5.74) is 2.32. The van der Waals surface area contributed by atoms with Crippen molar-refractivity contribution in [2.24, 2.45) is 5.92 Å². The molecule has 0 amide bonds.